The van der Waals surface area contributed by atoms with Crippen LogP contribution in [0.5, 0.6) is 0 Å². The van der Waals surface area contributed by atoms with E-state index in [9.17, 15) is 0 Å². The van der Waals surface area contributed by atoms with Crippen LogP contribution in [0.1, 0.15) is 0 Å². The molecule has 15 heavy (non-hydrogen) atoms. The molecule has 0 radical (unpaired) electrons. The van der Waals surface area contributed by atoms with Gasteiger partial charge in [-0.05, 0) is 28.6 Å². The average molecular weight is 250 g/mol. The first-order valence-corrected chi connectivity index (χ1v) is 6.02. The third-order valence-corrected chi connectivity index (χ3v) is 3.54. The van der Waals surface area contributed by atoms with Gasteiger partial charge in [-0.1, -0.05) is 30.3 Å². The van der Waals surface area contributed by atoms with E-state index in [-0.39, 0.29) is 0 Å². The highest BCUT2D eigenvalue weighted by atomic mass is 32.1. The molecule has 1 unspecified atom stereocenters. The van der Waals surface area contributed by atoms with Crippen molar-refractivity contribution in [3.05, 3.63) is 42.5 Å². The monoisotopic (exact) mass is 250 g/mol. The largest absolute Gasteiger partial charge is 0.142 e. The molecule has 0 amide bonds. The van der Waals surface area contributed by atoms with Gasteiger partial charge < -0.3 is 0 Å². The van der Waals surface area contributed by atoms with Gasteiger partial charge in [0.25, 0.3) is 0 Å². The zero-order valence-electron chi connectivity index (χ0n) is 8.01. The molecule has 0 aliphatic heterocycles. The van der Waals surface area contributed by atoms with Crippen molar-refractivity contribution in [3.63, 3.8) is 0 Å². The molecule has 0 heterocycles. The lowest BCUT2D eigenvalue weighted by molar-refractivity contribution is 1.27. The van der Waals surface area contributed by atoms with E-state index in [1.807, 2.05) is 12.1 Å². The minimum absolute atomic E-state index is 0.907. The van der Waals surface area contributed by atoms with Crippen LogP contribution in [0.15, 0.2) is 52.3 Å². The van der Waals surface area contributed by atoms with Crippen LogP contribution in [0, 0.1) is 0 Å². The molecule has 0 saturated heterocycles. The highest BCUT2D eigenvalue weighted by Crippen LogP contribution is 2.26. The molecule has 2 rings (SSSR count). The van der Waals surface area contributed by atoms with Crippen molar-refractivity contribution in [1.82, 2.24) is 0 Å². The van der Waals surface area contributed by atoms with Gasteiger partial charge in [0.05, 0.1) is 0 Å². The van der Waals surface area contributed by atoms with Crippen molar-refractivity contribution in [1.29, 1.82) is 0 Å². The molecule has 2 aromatic rings. The van der Waals surface area contributed by atoms with E-state index in [0.717, 1.165) is 9.79 Å². The predicted molar refractivity (Wildman–Crippen MR) is 75.7 cm³/mol. The zero-order chi connectivity index (χ0) is 10.8. The summed E-state index contributed by atoms with van der Waals surface area (Å²) < 4.78 is 0. The van der Waals surface area contributed by atoms with E-state index in [4.69, 9.17) is 0 Å². The fourth-order valence-electron chi connectivity index (χ4n) is 1.38. The fourth-order valence-corrected chi connectivity index (χ4v) is 1.92. The number of benzene rings is 2. The molecule has 0 nitrogen and oxygen atoms in total. The normalized spacial score (nSPS) is 10.3. The van der Waals surface area contributed by atoms with Crippen LogP contribution in [-0.4, -0.2) is 0 Å². The second-order valence-corrected chi connectivity index (χ2v) is 4.96. The Hall–Kier alpha value is -0.430. The second kappa shape index (κ2) is 4.61. The Morgan fingerprint density at radius 2 is 1.33 bits per heavy atom. The lowest BCUT2D eigenvalue weighted by Gasteiger charge is -2.04. The Labute approximate surface area is 103 Å². The highest BCUT2D eigenvalue weighted by molar-refractivity contribution is 7.83. The topological polar surface area (TPSA) is 0 Å². The maximum atomic E-state index is 4.36. The summed E-state index contributed by atoms with van der Waals surface area (Å²) in [5.41, 5.74) is 2.37. The Kier molecular flexibility index (Phi) is 3.40. The van der Waals surface area contributed by atoms with E-state index < -0.39 is 0 Å². The maximum Gasteiger partial charge on any atom is 0.0180 e. The van der Waals surface area contributed by atoms with E-state index in [0.29, 0.717) is 0 Å². The van der Waals surface area contributed by atoms with Gasteiger partial charge in [0.2, 0.25) is 0 Å². The van der Waals surface area contributed by atoms with Crippen LogP contribution < -0.4 is 5.30 Å². The first-order chi connectivity index (χ1) is 7.16. The van der Waals surface area contributed by atoms with Gasteiger partial charge in [0, 0.05) is 9.79 Å². The summed E-state index contributed by atoms with van der Waals surface area (Å²) in [6.07, 6.45) is 0. The lowest BCUT2D eigenvalue weighted by Crippen LogP contribution is -1.88. The molecule has 2 aromatic carbocycles. The summed E-state index contributed by atoms with van der Waals surface area (Å²) >= 11 is 8.65. The molecule has 3 heteroatoms. The van der Waals surface area contributed by atoms with Crippen molar-refractivity contribution in [2.75, 3.05) is 0 Å². The van der Waals surface area contributed by atoms with Gasteiger partial charge in [-0.3, -0.25) is 0 Å². The Morgan fingerprint density at radius 1 is 0.733 bits per heavy atom. The molecule has 0 aliphatic rings. The molecule has 0 aliphatic carbocycles. The van der Waals surface area contributed by atoms with Gasteiger partial charge in [0.15, 0.2) is 0 Å². The molecular formula is C12H11PS2. The highest BCUT2D eigenvalue weighted by Gasteiger charge is 1.99. The molecule has 0 bridgehead atoms. The van der Waals surface area contributed by atoms with Gasteiger partial charge in [-0.2, -0.15) is 0 Å². The van der Waals surface area contributed by atoms with Crippen LogP contribution in [0.25, 0.3) is 11.1 Å². The molecule has 0 saturated carbocycles. The Bertz CT molecular complexity index is 477. The summed E-state index contributed by atoms with van der Waals surface area (Å²) in [6.45, 7) is 0. The second-order valence-electron chi connectivity index (χ2n) is 3.33. The van der Waals surface area contributed by atoms with Crippen LogP contribution in [0.4, 0.5) is 0 Å². The molecule has 0 N–H and O–H groups in total. The summed E-state index contributed by atoms with van der Waals surface area (Å²) in [4.78, 5) is 1.82. The SMILES string of the molecule is Pc1ccc(-c2ccc(S)c(S)c2)cc1. The van der Waals surface area contributed by atoms with Gasteiger partial charge >= 0.3 is 0 Å². The number of rotatable bonds is 1. The molecule has 76 valence electrons. The summed E-state index contributed by atoms with van der Waals surface area (Å²) in [5, 5.41) is 1.19. The predicted octanol–water partition coefficient (Wildman–Crippen LogP) is 3.43. The van der Waals surface area contributed by atoms with Gasteiger partial charge in [0.1, 0.15) is 0 Å². The van der Waals surface area contributed by atoms with E-state index in [1.165, 1.54) is 16.4 Å². The summed E-state index contributed by atoms with van der Waals surface area (Å²) in [5.74, 6) is 0. The van der Waals surface area contributed by atoms with Crippen LogP contribution >= 0.6 is 34.5 Å². The molecule has 1 atom stereocenters. The van der Waals surface area contributed by atoms with Crippen LogP contribution in [0.3, 0.4) is 0 Å². The van der Waals surface area contributed by atoms with Crippen molar-refractivity contribution in [2.45, 2.75) is 9.79 Å². The third-order valence-electron chi connectivity index (χ3n) is 2.22. The third kappa shape index (κ3) is 2.57. The van der Waals surface area contributed by atoms with Crippen molar-refractivity contribution < 1.29 is 0 Å². The summed E-state index contributed by atoms with van der Waals surface area (Å²) in [6, 6.07) is 14.4. The zero-order valence-corrected chi connectivity index (χ0v) is 11.0. The van der Waals surface area contributed by atoms with E-state index in [1.54, 1.807) is 0 Å². The summed E-state index contributed by atoms with van der Waals surface area (Å²) in [7, 11) is 2.68. The number of thiol groups is 2. The number of hydrogen-bond acceptors (Lipinski definition) is 2. The van der Waals surface area contributed by atoms with Crippen LogP contribution in [0.2, 0.25) is 0 Å². The molecule has 0 spiro atoms. The lowest BCUT2D eigenvalue weighted by atomic mass is 10.1. The number of hydrogen-bond donors (Lipinski definition) is 2. The van der Waals surface area contributed by atoms with Gasteiger partial charge in [-0.25, -0.2) is 0 Å². The molecule has 0 fully saturated rings. The van der Waals surface area contributed by atoms with E-state index >= 15 is 0 Å². The Balaban J connectivity index is 2.45. The maximum absolute atomic E-state index is 4.36. The Morgan fingerprint density at radius 3 is 1.93 bits per heavy atom. The minimum Gasteiger partial charge on any atom is -0.142 e. The van der Waals surface area contributed by atoms with E-state index in [2.05, 4.69) is 64.8 Å². The quantitative estimate of drug-likeness (QED) is 0.562. The van der Waals surface area contributed by atoms with Crippen molar-refractivity contribution in [3.8, 4) is 11.1 Å². The average Bonchev–Trinajstić information content (AvgIpc) is 2.23. The minimum atomic E-state index is 0.907. The van der Waals surface area contributed by atoms with Crippen LogP contribution in [-0.2, 0) is 0 Å². The first-order valence-electron chi connectivity index (χ1n) is 4.55. The first kappa shape index (κ1) is 11.1. The van der Waals surface area contributed by atoms with Gasteiger partial charge in [-0.15, -0.1) is 34.5 Å². The standard InChI is InChI=1S/C12H11PS2/c13-10-4-1-8(2-5-10)9-3-6-11(14)12(15)7-9/h1-7,14-15H,13H2. The molecular weight excluding hydrogens is 239 g/mol. The fraction of sp³-hybridized carbons (Fsp3) is 0. The van der Waals surface area contributed by atoms with Crippen molar-refractivity contribution >= 4 is 39.8 Å². The molecule has 0 aromatic heterocycles. The van der Waals surface area contributed by atoms with Crippen molar-refractivity contribution in [2.24, 2.45) is 0 Å². The smallest absolute Gasteiger partial charge is 0.0180 e.